The van der Waals surface area contributed by atoms with E-state index in [2.05, 4.69) is 30.9 Å². The number of benzene rings is 1. The highest BCUT2D eigenvalue weighted by molar-refractivity contribution is 6.07. The van der Waals surface area contributed by atoms with E-state index >= 15 is 0 Å². The van der Waals surface area contributed by atoms with Gasteiger partial charge in [0.15, 0.2) is 0 Å². The van der Waals surface area contributed by atoms with E-state index in [0.717, 1.165) is 23.1 Å². The summed E-state index contributed by atoms with van der Waals surface area (Å²) in [5, 5.41) is 9.32. The highest BCUT2D eigenvalue weighted by Crippen LogP contribution is 2.53. The molecule has 222 valence electrons. The third kappa shape index (κ3) is 5.77. The lowest BCUT2D eigenvalue weighted by Gasteiger charge is -2.38. The molecule has 1 amide bonds. The molecule has 0 saturated carbocycles. The molecule has 0 bridgehead atoms. The fraction of sp³-hybridized carbons (Fsp3) is 0.321. The Hall–Kier alpha value is -4.17. The van der Waals surface area contributed by atoms with Crippen LogP contribution in [-0.2, 0) is 16.9 Å². The minimum Gasteiger partial charge on any atom is -0.365 e. The van der Waals surface area contributed by atoms with Gasteiger partial charge in [0.25, 0.3) is 11.5 Å². The second-order valence-corrected chi connectivity index (χ2v) is 9.78. The van der Waals surface area contributed by atoms with Gasteiger partial charge < -0.3 is 25.7 Å². The summed E-state index contributed by atoms with van der Waals surface area (Å²) in [6.07, 6.45) is -5.71. The number of hydrogen-bond donors (Lipinski definition) is 4. The Kier molecular flexibility index (Phi) is 8.10. The van der Waals surface area contributed by atoms with Crippen molar-refractivity contribution in [3.63, 3.8) is 0 Å². The van der Waals surface area contributed by atoms with Crippen molar-refractivity contribution >= 4 is 28.4 Å². The number of ether oxygens (including phenoxy) is 1. The molecule has 0 aliphatic carbocycles. The number of carbonyl (C=O) groups excluding carboxylic acids is 1. The lowest BCUT2D eigenvalue weighted by molar-refractivity contribution is -0.390. The van der Waals surface area contributed by atoms with Crippen LogP contribution < -0.4 is 16.0 Å². The van der Waals surface area contributed by atoms with E-state index in [1.54, 1.807) is 12.4 Å². The topological polar surface area (TPSA) is 104 Å². The van der Waals surface area contributed by atoms with E-state index in [0.29, 0.717) is 43.7 Å². The fourth-order valence-corrected chi connectivity index (χ4v) is 4.93. The summed E-state index contributed by atoms with van der Waals surface area (Å²) in [7, 11) is 0. The van der Waals surface area contributed by atoms with E-state index in [-0.39, 0.29) is 17.1 Å². The number of halogens is 6. The Morgan fingerprint density at radius 3 is 2.43 bits per heavy atom. The largest absolute Gasteiger partial charge is 0.430 e. The molecular weight excluding hydrogens is 566 g/mol. The van der Waals surface area contributed by atoms with Gasteiger partial charge in [-0.25, -0.2) is 9.97 Å². The number of nitrogens with one attached hydrogen (secondary N) is 4. The van der Waals surface area contributed by atoms with Crippen LogP contribution in [0.5, 0.6) is 0 Å². The lowest BCUT2D eigenvalue weighted by Crippen LogP contribution is -2.57. The summed E-state index contributed by atoms with van der Waals surface area (Å²) in [5.41, 5.74) is -4.00. The molecule has 1 atom stereocenters. The van der Waals surface area contributed by atoms with Crippen LogP contribution in [-0.4, -0.2) is 52.4 Å². The number of H-pyrrole nitrogens is 1. The van der Waals surface area contributed by atoms with Gasteiger partial charge in [0.1, 0.15) is 11.5 Å². The van der Waals surface area contributed by atoms with Crippen molar-refractivity contribution in [2.75, 3.05) is 23.8 Å². The van der Waals surface area contributed by atoms with Crippen LogP contribution in [0.3, 0.4) is 0 Å². The first-order chi connectivity index (χ1) is 20.0. The number of alkyl halides is 6. The van der Waals surface area contributed by atoms with Gasteiger partial charge in [-0.3, -0.25) is 4.79 Å². The molecule has 1 aliphatic heterocycles. The van der Waals surface area contributed by atoms with Gasteiger partial charge in [0.2, 0.25) is 0 Å². The minimum absolute atomic E-state index is 0.0163. The molecule has 4 N–H and O–H groups in total. The Morgan fingerprint density at radius 2 is 1.74 bits per heavy atom. The van der Waals surface area contributed by atoms with Gasteiger partial charge >= 0.3 is 12.4 Å². The van der Waals surface area contributed by atoms with Crippen LogP contribution in [0, 0.1) is 0 Å². The molecule has 0 unspecified atom stereocenters. The zero-order valence-corrected chi connectivity index (χ0v) is 21.9. The normalized spacial score (nSPS) is 16.1. The van der Waals surface area contributed by atoms with Gasteiger partial charge in [-0.2, -0.15) is 26.3 Å². The van der Waals surface area contributed by atoms with Crippen LogP contribution in [0.1, 0.15) is 34.3 Å². The molecule has 4 heterocycles. The number of anilines is 2. The van der Waals surface area contributed by atoms with Gasteiger partial charge in [-0.05, 0) is 61.3 Å². The third-order valence-electron chi connectivity index (χ3n) is 7.06. The Balaban J connectivity index is 1.34. The van der Waals surface area contributed by atoms with Crippen LogP contribution in [0.4, 0.5) is 37.8 Å². The predicted molar refractivity (Wildman–Crippen MR) is 143 cm³/mol. The molecule has 0 spiro atoms. The van der Waals surface area contributed by atoms with Crippen molar-refractivity contribution in [2.45, 2.75) is 43.4 Å². The number of rotatable bonds is 9. The number of hydrogen-bond acceptors (Lipinski definition) is 6. The smallest absolute Gasteiger partial charge is 0.365 e. The summed E-state index contributed by atoms with van der Waals surface area (Å²) in [5.74, 6) is -0.435. The standard InChI is InChI=1S/C28H26F6N6O2/c29-27(30,31)26(28(32,33)34,42-16-20-3-1-11-35-20)18-5-7-19(8-6-18)40-25(41)22-4-2-12-36-24(22)39-15-17-9-13-37-23-21(17)10-14-38-23/h2,4-10,12-14,20,35H,1,3,11,15-16H2,(H,36,39)(H,37,38)(H,40,41)/t20-/m0/s1. The lowest BCUT2D eigenvalue weighted by atomic mass is 9.91. The first kappa shape index (κ1) is 29.3. The van der Waals surface area contributed by atoms with Gasteiger partial charge in [0, 0.05) is 47.8 Å². The van der Waals surface area contributed by atoms with E-state index in [1.165, 1.54) is 18.3 Å². The summed E-state index contributed by atoms with van der Waals surface area (Å²) >= 11 is 0. The maximum atomic E-state index is 14.1. The van der Waals surface area contributed by atoms with E-state index in [4.69, 9.17) is 4.74 Å². The van der Waals surface area contributed by atoms with Crippen molar-refractivity contribution in [3.8, 4) is 0 Å². The minimum atomic E-state index is -5.80. The Labute approximate surface area is 235 Å². The molecule has 42 heavy (non-hydrogen) atoms. The van der Waals surface area contributed by atoms with Crippen molar-refractivity contribution in [2.24, 2.45) is 0 Å². The van der Waals surface area contributed by atoms with Gasteiger partial charge in [-0.15, -0.1) is 0 Å². The highest BCUT2D eigenvalue weighted by atomic mass is 19.4. The number of amides is 1. The van der Waals surface area contributed by atoms with Crippen LogP contribution in [0.2, 0.25) is 0 Å². The maximum Gasteiger partial charge on any atom is 0.430 e. The number of nitrogens with zero attached hydrogens (tertiary/aromatic N) is 2. The van der Waals surface area contributed by atoms with Crippen molar-refractivity contribution < 1.29 is 35.9 Å². The Bertz CT molecular complexity index is 1520. The second-order valence-electron chi connectivity index (χ2n) is 9.78. The number of fused-ring (bicyclic) bond motifs is 1. The van der Waals surface area contributed by atoms with Crippen LogP contribution in [0.15, 0.2) is 67.1 Å². The quantitative estimate of drug-likeness (QED) is 0.180. The molecule has 1 fully saturated rings. The SMILES string of the molecule is O=C(Nc1ccc(C(OC[C@@H]2CCCN2)(C(F)(F)F)C(F)(F)F)cc1)c1cccnc1NCc1ccnc2[nH]ccc12. The molecule has 1 aromatic carbocycles. The number of carbonyl (C=O) groups is 1. The molecule has 1 saturated heterocycles. The Morgan fingerprint density at radius 1 is 0.976 bits per heavy atom. The molecule has 1 aliphatic rings. The summed E-state index contributed by atoms with van der Waals surface area (Å²) in [6, 6.07) is 9.32. The summed E-state index contributed by atoms with van der Waals surface area (Å²) in [6.45, 7) is 0.0156. The number of pyridine rings is 2. The highest BCUT2D eigenvalue weighted by Gasteiger charge is 2.73. The molecule has 5 rings (SSSR count). The van der Waals surface area contributed by atoms with Gasteiger partial charge in [0.05, 0.1) is 12.2 Å². The van der Waals surface area contributed by atoms with Gasteiger partial charge in [-0.1, -0.05) is 12.1 Å². The monoisotopic (exact) mass is 592 g/mol. The molecule has 14 heteroatoms. The fourth-order valence-electron chi connectivity index (χ4n) is 4.93. The zero-order valence-electron chi connectivity index (χ0n) is 21.9. The first-order valence-electron chi connectivity index (χ1n) is 13.0. The second kappa shape index (κ2) is 11.6. The molecule has 8 nitrogen and oxygen atoms in total. The first-order valence-corrected chi connectivity index (χ1v) is 13.0. The predicted octanol–water partition coefficient (Wildman–Crippen LogP) is 5.91. The third-order valence-corrected chi connectivity index (χ3v) is 7.06. The van der Waals surface area contributed by atoms with Crippen molar-refractivity contribution in [3.05, 3.63) is 83.8 Å². The average molecular weight is 593 g/mol. The van der Waals surface area contributed by atoms with E-state index in [1.807, 2.05) is 12.1 Å². The molecule has 0 radical (unpaired) electrons. The van der Waals surface area contributed by atoms with E-state index in [9.17, 15) is 31.1 Å². The van der Waals surface area contributed by atoms with Crippen molar-refractivity contribution in [1.82, 2.24) is 20.3 Å². The summed E-state index contributed by atoms with van der Waals surface area (Å²) < 4.78 is 89.4. The van der Waals surface area contributed by atoms with Crippen LogP contribution in [0.25, 0.3) is 11.0 Å². The number of aromatic amines is 1. The molecule has 3 aromatic heterocycles. The number of aromatic nitrogens is 3. The maximum absolute atomic E-state index is 14.1. The summed E-state index contributed by atoms with van der Waals surface area (Å²) in [4.78, 5) is 24.5. The van der Waals surface area contributed by atoms with Crippen molar-refractivity contribution in [1.29, 1.82) is 0 Å². The average Bonchev–Trinajstić information content (AvgIpc) is 3.64. The zero-order chi connectivity index (χ0) is 30.0. The molecular formula is C28H26F6N6O2. The van der Waals surface area contributed by atoms with Crippen LogP contribution >= 0.6 is 0 Å². The van der Waals surface area contributed by atoms with E-state index < -0.39 is 42.1 Å². The molecule has 4 aromatic rings.